The third kappa shape index (κ3) is 5.20. The van der Waals surface area contributed by atoms with Crippen LogP contribution in [-0.4, -0.2) is 36.2 Å². The monoisotopic (exact) mass is 741 g/mol. The molecule has 7 heteroatoms. The van der Waals surface area contributed by atoms with E-state index in [1.54, 1.807) is 0 Å². The molecule has 0 aromatic carbocycles. The van der Waals surface area contributed by atoms with E-state index in [1.807, 2.05) is 0 Å². The van der Waals surface area contributed by atoms with Crippen LogP contribution in [0.15, 0.2) is 18.2 Å². The smallest absolute Gasteiger partial charge is 0.265 e. The predicted molar refractivity (Wildman–Crippen MR) is 220 cm³/mol. The first-order valence-corrected chi connectivity index (χ1v) is 23.7. The summed E-state index contributed by atoms with van der Waals surface area (Å²) >= 11 is 0. The summed E-state index contributed by atoms with van der Waals surface area (Å²) < 4.78 is 7.51. The van der Waals surface area contributed by atoms with Crippen LogP contribution in [0.4, 0.5) is 0 Å². The molecule has 55 heavy (non-hydrogen) atoms. The Labute approximate surface area is 331 Å². The van der Waals surface area contributed by atoms with Gasteiger partial charge in [0.25, 0.3) is 0 Å². The van der Waals surface area contributed by atoms with Gasteiger partial charge in [0.2, 0.25) is 0 Å². The number of nitrogens with zero attached hydrogens (tertiary/aromatic N) is 6. The maximum Gasteiger partial charge on any atom is 0.569 e. The van der Waals surface area contributed by atoms with E-state index in [9.17, 15) is 0 Å². The molecule has 0 atom stereocenters. The van der Waals surface area contributed by atoms with Crippen molar-refractivity contribution in [2.45, 2.75) is 191 Å². The third-order valence-electron chi connectivity index (χ3n) is 18.5. The quantitative estimate of drug-likeness (QED) is 0.205. The molecule has 0 aliphatic heterocycles. The number of aromatic nitrogens is 6. The van der Waals surface area contributed by atoms with Gasteiger partial charge in [0.05, 0.1) is 17.1 Å². The van der Waals surface area contributed by atoms with Gasteiger partial charge in [0.1, 0.15) is 0 Å². The lowest BCUT2D eigenvalue weighted by Gasteiger charge is -2.56. The highest BCUT2D eigenvalue weighted by Crippen LogP contribution is 2.63. The zero-order valence-corrected chi connectivity index (χ0v) is 35.1. The fourth-order valence-corrected chi connectivity index (χ4v) is 17.4. The zero-order chi connectivity index (χ0) is 37.2. The van der Waals surface area contributed by atoms with Crippen LogP contribution < -0.4 is 0 Å². The lowest BCUT2D eigenvalue weighted by molar-refractivity contribution is -0.00733. The zero-order valence-electron chi connectivity index (χ0n) is 35.1. The van der Waals surface area contributed by atoms with Crippen LogP contribution in [-0.2, 0) is 16.2 Å². The van der Waals surface area contributed by atoms with E-state index in [-0.39, 0.29) is 23.4 Å². The summed E-state index contributed by atoms with van der Waals surface area (Å²) in [6.45, 7) is 14.5. The maximum absolute atomic E-state index is 5.97. The van der Waals surface area contributed by atoms with Gasteiger partial charge in [-0.15, -0.1) is 0 Å². The van der Waals surface area contributed by atoms with Gasteiger partial charge in [-0.3, -0.25) is 13.8 Å². The van der Waals surface area contributed by atoms with Gasteiger partial charge < -0.3 is 0 Å². The highest BCUT2D eigenvalue weighted by Gasteiger charge is 2.56. The van der Waals surface area contributed by atoms with Crippen LogP contribution in [0.1, 0.15) is 209 Å². The van der Waals surface area contributed by atoms with Crippen molar-refractivity contribution in [1.29, 1.82) is 0 Å². The van der Waals surface area contributed by atoms with Crippen LogP contribution in [0.2, 0.25) is 0 Å². The van der Waals surface area contributed by atoms with Crippen LogP contribution in [0, 0.1) is 53.3 Å². The molecule has 12 aliphatic rings. The van der Waals surface area contributed by atoms with Gasteiger partial charge in [-0.05, 0) is 205 Å². The second-order valence-electron chi connectivity index (χ2n) is 23.6. The minimum absolute atomic E-state index is 0.236. The normalized spacial score (nSPS) is 41.9. The van der Waals surface area contributed by atoms with Crippen molar-refractivity contribution < 1.29 is 0 Å². The lowest BCUT2D eigenvalue weighted by Crippen LogP contribution is -2.50. The van der Waals surface area contributed by atoms with Gasteiger partial charge in [-0.2, -0.15) is 15.3 Å². The Balaban J connectivity index is 1.05. The Morgan fingerprint density at radius 3 is 0.782 bits per heavy atom. The van der Waals surface area contributed by atoms with E-state index in [0.717, 1.165) is 53.3 Å². The van der Waals surface area contributed by atoms with Crippen molar-refractivity contribution in [3.63, 3.8) is 0 Å². The molecule has 15 rings (SSSR count). The van der Waals surface area contributed by atoms with Gasteiger partial charge in [0, 0.05) is 33.3 Å². The molecule has 3 aromatic heterocycles. The van der Waals surface area contributed by atoms with Gasteiger partial charge in [-0.1, -0.05) is 41.5 Å². The highest BCUT2D eigenvalue weighted by molar-refractivity contribution is 6.53. The molecule has 0 saturated heterocycles. The average Bonchev–Trinajstić information content (AvgIpc) is 3.86. The molecule has 12 aliphatic carbocycles. The summed E-state index contributed by atoms with van der Waals surface area (Å²) in [6, 6.07) is 7.80. The molecule has 0 N–H and O–H groups in total. The van der Waals surface area contributed by atoms with E-state index < -0.39 is 0 Å². The Kier molecular flexibility index (Phi) is 7.51. The van der Waals surface area contributed by atoms with Crippen LogP contribution in [0.25, 0.3) is 0 Å². The summed E-state index contributed by atoms with van der Waals surface area (Å²) in [6.07, 6.45) is 25.4. The summed E-state index contributed by atoms with van der Waals surface area (Å²) in [5.74, 6) is 9.19. The Hall–Kier alpha value is -2.31. The van der Waals surface area contributed by atoms with Gasteiger partial charge >= 0.3 is 7.12 Å². The van der Waals surface area contributed by atoms with Gasteiger partial charge in [-0.25, -0.2) is 0 Å². The largest absolute Gasteiger partial charge is 0.569 e. The van der Waals surface area contributed by atoms with E-state index in [2.05, 4.69) is 73.5 Å². The Morgan fingerprint density at radius 1 is 0.400 bits per heavy atom. The second-order valence-corrected chi connectivity index (χ2v) is 23.6. The topological polar surface area (TPSA) is 53.5 Å². The molecule has 0 radical (unpaired) electrons. The Morgan fingerprint density at radius 2 is 0.600 bits per heavy atom. The van der Waals surface area contributed by atoms with Crippen LogP contribution in [0.5, 0.6) is 0 Å². The highest BCUT2D eigenvalue weighted by atomic mass is 15.5. The van der Waals surface area contributed by atoms with E-state index >= 15 is 0 Å². The summed E-state index contributed by atoms with van der Waals surface area (Å²) in [5.41, 5.74) is 9.08. The van der Waals surface area contributed by atoms with Crippen molar-refractivity contribution in [3.05, 3.63) is 52.4 Å². The first-order chi connectivity index (χ1) is 26.4. The van der Waals surface area contributed by atoms with E-state index in [0.29, 0.717) is 17.8 Å². The molecule has 12 saturated carbocycles. The standard InChI is InChI=1S/C48H69BN6/c1-28(2)40-16-43(46-19-31-7-32(20-46)9-33(8-31)21-46)50-53(40)49(54-41(29(3)4)17-44(51-54)47-22-34-10-35(23-47)12-36(11-34)24-47)55-42(30(5)6)18-45(52-55)48-25-37-13-38(26-48)15-39(14-37)27-48/h16-18,28-39H,7-15,19-27H2,1-6H3. The minimum Gasteiger partial charge on any atom is -0.265 e. The number of rotatable bonds is 9. The molecule has 0 amide bonds. The van der Waals surface area contributed by atoms with Crippen molar-refractivity contribution in [1.82, 2.24) is 29.1 Å². The Bertz CT molecular complexity index is 1660. The van der Waals surface area contributed by atoms with E-state index in [4.69, 9.17) is 15.3 Å². The van der Waals surface area contributed by atoms with Crippen molar-refractivity contribution >= 4 is 7.12 Å². The predicted octanol–water partition coefficient (Wildman–Crippen LogP) is 11.0. The number of hydrogen-bond acceptors (Lipinski definition) is 3. The molecule has 3 heterocycles. The third-order valence-corrected chi connectivity index (χ3v) is 18.5. The fourth-order valence-electron chi connectivity index (χ4n) is 17.4. The van der Waals surface area contributed by atoms with Crippen LogP contribution in [0.3, 0.4) is 0 Å². The van der Waals surface area contributed by atoms with Crippen molar-refractivity contribution in [2.24, 2.45) is 53.3 Å². The fraction of sp³-hybridized carbons (Fsp3) is 0.812. The summed E-state index contributed by atoms with van der Waals surface area (Å²) in [5, 5.41) is 17.9. The first-order valence-electron chi connectivity index (χ1n) is 23.7. The second kappa shape index (κ2) is 11.9. The SMILES string of the molecule is CC(C)c1cc(C23CC4CC(CC(C4)C2)C3)nn1B(n1nc(C23CC4CC(CC(C4)C2)C3)cc1C(C)C)n1nc(C23CC4CC(CC(C4)C2)C3)cc1C(C)C. The molecule has 12 fully saturated rings. The molecule has 294 valence electrons. The molecule has 3 aromatic rings. The minimum atomic E-state index is -0.236. The lowest BCUT2D eigenvalue weighted by atomic mass is 9.49. The van der Waals surface area contributed by atoms with Crippen LogP contribution >= 0.6 is 0 Å². The molecule has 12 bridgehead atoms. The summed E-state index contributed by atoms with van der Waals surface area (Å²) in [7, 11) is -0.236. The molecular formula is C48H69BN6. The van der Waals surface area contributed by atoms with E-state index in [1.165, 1.54) is 150 Å². The average molecular weight is 741 g/mol. The molecular weight excluding hydrogens is 671 g/mol. The summed E-state index contributed by atoms with van der Waals surface area (Å²) in [4.78, 5) is 0. The first kappa shape index (κ1) is 34.7. The maximum atomic E-state index is 5.97. The molecule has 6 nitrogen and oxygen atoms in total. The van der Waals surface area contributed by atoms with Crippen molar-refractivity contribution in [3.8, 4) is 0 Å². The van der Waals surface area contributed by atoms with Crippen molar-refractivity contribution in [2.75, 3.05) is 0 Å². The molecule has 0 unspecified atom stereocenters. The van der Waals surface area contributed by atoms with Gasteiger partial charge in [0.15, 0.2) is 0 Å². The number of hydrogen-bond donors (Lipinski definition) is 0. The molecule has 0 spiro atoms.